The fraction of sp³-hybridized carbons (Fsp3) is 0.389. The minimum Gasteiger partial charge on any atom is -0.353 e. The normalized spacial score (nSPS) is 17.9. The zero-order valence-corrected chi connectivity index (χ0v) is 15.4. The van der Waals surface area contributed by atoms with Crippen LogP contribution in [0.2, 0.25) is 0 Å². The minimum atomic E-state index is -0.0615. The second-order valence-electron chi connectivity index (χ2n) is 6.05. The van der Waals surface area contributed by atoms with Gasteiger partial charge in [-0.15, -0.1) is 0 Å². The molecule has 0 spiro atoms. The van der Waals surface area contributed by atoms with Gasteiger partial charge in [-0.25, -0.2) is 4.98 Å². The fourth-order valence-electron chi connectivity index (χ4n) is 2.86. The fourth-order valence-corrected chi connectivity index (χ4v) is 3.21. The Morgan fingerprint density at radius 2 is 2.20 bits per heavy atom. The summed E-state index contributed by atoms with van der Waals surface area (Å²) in [5.41, 5.74) is 3.49. The van der Waals surface area contributed by atoms with E-state index in [2.05, 4.69) is 31.0 Å². The number of halogens is 1. The number of rotatable bonds is 5. The number of aromatic nitrogens is 4. The van der Waals surface area contributed by atoms with Crippen molar-refractivity contribution in [3.63, 3.8) is 0 Å². The van der Waals surface area contributed by atoms with Crippen LogP contribution in [0.3, 0.4) is 0 Å². The van der Waals surface area contributed by atoms with Gasteiger partial charge in [-0.05, 0) is 37.5 Å². The van der Waals surface area contributed by atoms with Crippen LogP contribution in [0.5, 0.6) is 0 Å². The molecule has 2 aromatic heterocycles. The lowest BCUT2D eigenvalue weighted by Gasteiger charge is -2.22. The Morgan fingerprint density at radius 3 is 3.08 bits per heavy atom. The van der Waals surface area contributed by atoms with Crippen molar-refractivity contribution in [3.05, 3.63) is 41.3 Å². The summed E-state index contributed by atoms with van der Waals surface area (Å²) in [5, 5.41) is 4.39. The largest absolute Gasteiger partial charge is 0.353 e. The summed E-state index contributed by atoms with van der Waals surface area (Å²) < 4.78 is 14.2. The molecule has 3 aromatic rings. The van der Waals surface area contributed by atoms with Gasteiger partial charge < -0.3 is 9.47 Å². The van der Waals surface area contributed by atoms with E-state index >= 15 is 0 Å². The van der Waals surface area contributed by atoms with E-state index in [0.29, 0.717) is 13.2 Å². The van der Waals surface area contributed by atoms with Crippen molar-refractivity contribution in [2.24, 2.45) is 0 Å². The van der Waals surface area contributed by atoms with E-state index in [1.165, 1.54) is 6.42 Å². The van der Waals surface area contributed by atoms with Gasteiger partial charge in [0.2, 0.25) is 0 Å². The van der Waals surface area contributed by atoms with Gasteiger partial charge in [0.25, 0.3) is 0 Å². The molecule has 4 rings (SSSR count). The molecule has 1 fully saturated rings. The van der Waals surface area contributed by atoms with E-state index in [1.807, 2.05) is 35.3 Å². The second kappa shape index (κ2) is 7.59. The van der Waals surface area contributed by atoms with Crippen LogP contribution in [-0.4, -0.2) is 39.3 Å². The summed E-state index contributed by atoms with van der Waals surface area (Å²) in [4.78, 5) is 9.15. The summed E-state index contributed by atoms with van der Waals surface area (Å²) in [6.07, 6.45) is 8.79. The van der Waals surface area contributed by atoms with Gasteiger partial charge in [0, 0.05) is 22.8 Å². The van der Waals surface area contributed by atoms with Gasteiger partial charge in [-0.3, -0.25) is 9.67 Å². The van der Waals surface area contributed by atoms with E-state index in [0.717, 1.165) is 46.2 Å². The second-order valence-corrected chi connectivity index (χ2v) is 6.96. The van der Waals surface area contributed by atoms with Crippen LogP contribution in [0.25, 0.3) is 22.3 Å². The summed E-state index contributed by atoms with van der Waals surface area (Å²) >= 11 is 3.47. The highest BCUT2D eigenvalue weighted by molar-refractivity contribution is 9.10. The van der Waals surface area contributed by atoms with Crippen molar-refractivity contribution >= 4 is 27.0 Å². The highest BCUT2D eigenvalue weighted by Gasteiger charge is 2.13. The monoisotopic (exact) mass is 402 g/mol. The predicted molar refractivity (Wildman–Crippen MR) is 98.0 cm³/mol. The number of fused-ring (bicyclic) bond motifs is 1. The van der Waals surface area contributed by atoms with Gasteiger partial charge in [0.05, 0.1) is 42.3 Å². The molecule has 1 saturated heterocycles. The van der Waals surface area contributed by atoms with Crippen LogP contribution in [0.1, 0.15) is 19.3 Å². The van der Waals surface area contributed by atoms with E-state index < -0.39 is 0 Å². The Balaban J connectivity index is 1.42. The van der Waals surface area contributed by atoms with Crippen LogP contribution < -0.4 is 0 Å². The summed E-state index contributed by atoms with van der Waals surface area (Å²) in [7, 11) is 0. The minimum absolute atomic E-state index is 0.0615. The molecule has 0 amide bonds. The molecule has 0 aliphatic carbocycles. The molecule has 25 heavy (non-hydrogen) atoms. The smallest absolute Gasteiger partial charge is 0.157 e. The third-order valence-corrected chi connectivity index (χ3v) is 4.69. The Hall–Kier alpha value is -1.83. The van der Waals surface area contributed by atoms with Crippen LogP contribution in [-0.2, 0) is 16.0 Å². The van der Waals surface area contributed by atoms with Gasteiger partial charge >= 0.3 is 0 Å². The first-order valence-corrected chi connectivity index (χ1v) is 9.25. The van der Waals surface area contributed by atoms with Gasteiger partial charge in [0.1, 0.15) is 0 Å². The van der Waals surface area contributed by atoms with Crippen LogP contribution in [0.4, 0.5) is 0 Å². The first kappa shape index (κ1) is 16.6. The van der Waals surface area contributed by atoms with Crippen LogP contribution >= 0.6 is 15.9 Å². The number of nitrogens with zero attached hydrogens (tertiary/aromatic N) is 4. The highest BCUT2D eigenvalue weighted by Crippen LogP contribution is 2.21. The summed E-state index contributed by atoms with van der Waals surface area (Å²) in [6.45, 7) is 2.07. The molecule has 0 saturated carbocycles. The molecule has 7 heteroatoms. The first-order chi connectivity index (χ1) is 12.3. The molecule has 0 radical (unpaired) electrons. The number of ether oxygens (including phenoxy) is 2. The van der Waals surface area contributed by atoms with Crippen molar-refractivity contribution in [1.82, 2.24) is 19.7 Å². The third kappa shape index (κ3) is 4.05. The quantitative estimate of drug-likeness (QED) is 0.649. The molecular formula is C18H19BrN4O2. The van der Waals surface area contributed by atoms with Gasteiger partial charge in [-0.1, -0.05) is 15.9 Å². The lowest BCUT2D eigenvalue weighted by molar-refractivity contribution is -0.163. The lowest BCUT2D eigenvalue weighted by Crippen LogP contribution is -2.24. The maximum atomic E-state index is 5.76. The molecule has 3 heterocycles. The summed E-state index contributed by atoms with van der Waals surface area (Å²) in [6, 6.07) is 5.88. The first-order valence-electron chi connectivity index (χ1n) is 8.46. The molecule has 1 aromatic carbocycles. The van der Waals surface area contributed by atoms with E-state index in [4.69, 9.17) is 9.47 Å². The average Bonchev–Trinajstić information content (AvgIpc) is 3.11. The molecule has 6 nitrogen and oxygen atoms in total. The Labute approximate surface area is 154 Å². The Morgan fingerprint density at radius 1 is 1.24 bits per heavy atom. The molecule has 1 aliphatic heterocycles. The number of hydrogen-bond acceptors (Lipinski definition) is 5. The number of benzene rings is 1. The SMILES string of the molecule is Brc1ccc2ncc(-c3cnn(CCOC4CCCCO4)c3)nc2c1. The Kier molecular flexibility index (Phi) is 5.05. The molecule has 1 atom stereocenters. The van der Waals surface area contributed by atoms with Crippen LogP contribution in [0, 0.1) is 0 Å². The standard InChI is InChI=1S/C18H19BrN4O2/c19-14-4-5-15-16(9-14)22-17(11-20-15)13-10-21-23(12-13)6-8-25-18-3-1-2-7-24-18/h4-5,9-12,18H,1-3,6-8H2. The van der Waals surface area contributed by atoms with E-state index in [9.17, 15) is 0 Å². The molecule has 1 aliphatic rings. The molecular weight excluding hydrogens is 384 g/mol. The zero-order valence-electron chi connectivity index (χ0n) is 13.8. The zero-order chi connectivity index (χ0) is 17.1. The lowest BCUT2D eigenvalue weighted by atomic mass is 10.2. The average molecular weight is 403 g/mol. The summed E-state index contributed by atoms with van der Waals surface area (Å²) in [5.74, 6) is 0. The van der Waals surface area contributed by atoms with Gasteiger partial charge in [0.15, 0.2) is 6.29 Å². The molecule has 130 valence electrons. The van der Waals surface area contributed by atoms with Crippen molar-refractivity contribution in [3.8, 4) is 11.3 Å². The van der Waals surface area contributed by atoms with E-state index in [-0.39, 0.29) is 6.29 Å². The van der Waals surface area contributed by atoms with Gasteiger partial charge in [-0.2, -0.15) is 5.10 Å². The van der Waals surface area contributed by atoms with Crippen molar-refractivity contribution < 1.29 is 9.47 Å². The Bertz CT molecular complexity index is 861. The van der Waals surface area contributed by atoms with Crippen molar-refractivity contribution in [2.75, 3.05) is 13.2 Å². The molecule has 0 N–H and O–H groups in total. The predicted octanol–water partition coefficient (Wildman–Crippen LogP) is 3.80. The number of hydrogen-bond donors (Lipinski definition) is 0. The highest BCUT2D eigenvalue weighted by atomic mass is 79.9. The molecule has 1 unspecified atom stereocenters. The maximum Gasteiger partial charge on any atom is 0.157 e. The van der Waals surface area contributed by atoms with Crippen molar-refractivity contribution in [2.45, 2.75) is 32.1 Å². The maximum absolute atomic E-state index is 5.76. The topological polar surface area (TPSA) is 62.1 Å². The van der Waals surface area contributed by atoms with Crippen LogP contribution in [0.15, 0.2) is 41.3 Å². The third-order valence-electron chi connectivity index (χ3n) is 4.20. The van der Waals surface area contributed by atoms with Crippen molar-refractivity contribution in [1.29, 1.82) is 0 Å². The molecule has 0 bridgehead atoms. The van der Waals surface area contributed by atoms with E-state index in [1.54, 1.807) is 6.20 Å².